The molecule has 4 atom stereocenters. The van der Waals surface area contributed by atoms with Crippen molar-refractivity contribution in [2.45, 2.75) is 31.1 Å². The number of hydrogen-bond donors (Lipinski definition) is 6. The molecule has 0 bridgehead atoms. The van der Waals surface area contributed by atoms with Crippen LogP contribution in [0.3, 0.4) is 0 Å². The molecule has 4 rings (SSSR count). The molecule has 3 aromatic rings. The van der Waals surface area contributed by atoms with Gasteiger partial charge in [0, 0.05) is 6.54 Å². The van der Waals surface area contributed by atoms with E-state index in [0.717, 1.165) is 5.56 Å². The Kier molecular flexibility index (Phi) is 4.73. The van der Waals surface area contributed by atoms with Crippen molar-refractivity contribution in [1.82, 2.24) is 19.5 Å². The predicted octanol–water partition coefficient (Wildman–Crippen LogP) is -0.951. The number of imidazole rings is 1. The number of anilines is 1. The fraction of sp³-hybridized carbons (Fsp3) is 0.353. The molecule has 11 heteroatoms. The number of aliphatic hydroxyl groups is 3. The van der Waals surface area contributed by atoms with Gasteiger partial charge in [-0.2, -0.15) is 4.98 Å². The fourth-order valence-corrected chi connectivity index (χ4v) is 3.11. The zero-order valence-electron chi connectivity index (χ0n) is 14.6. The lowest BCUT2D eigenvalue weighted by atomic mass is 10.1. The predicted molar refractivity (Wildman–Crippen MR) is 96.6 cm³/mol. The lowest BCUT2D eigenvalue weighted by molar-refractivity contribution is -0.0511. The average molecular weight is 389 g/mol. The van der Waals surface area contributed by atoms with Crippen molar-refractivity contribution in [3.8, 4) is 5.75 Å². The third kappa shape index (κ3) is 3.20. The van der Waals surface area contributed by atoms with E-state index in [1.165, 1.54) is 10.9 Å². The van der Waals surface area contributed by atoms with Gasteiger partial charge in [0.1, 0.15) is 24.1 Å². The molecule has 3 heterocycles. The van der Waals surface area contributed by atoms with Gasteiger partial charge in [-0.25, -0.2) is 4.98 Å². The maximum atomic E-state index is 12.3. The van der Waals surface area contributed by atoms with Crippen LogP contribution in [-0.2, 0) is 11.3 Å². The molecule has 0 spiro atoms. The van der Waals surface area contributed by atoms with E-state index >= 15 is 0 Å². The summed E-state index contributed by atoms with van der Waals surface area (Å²) >= 11 is 0. The first-order valence-electron chi connectivity index (χ1n) is 8.59. The first kappa shape index (κ1) is 18.4. The van der Waals surface area contributed by atoms with Crippen LogP contribution in [0.4, 0.5) is 5.95 Å². The highest BCUT2D eigenvalue weighted by Gasteiger charge is 2.44. The molecule has 28 heavy (non-hydrogen) atoms. The number of phenolic OH excluding ortho intramolecular Hbond substituents is 1. The minimum Gasteiger partial charge on any atom is -0.508 e. The number of nitrogens with zero attached hydrogens (tertiary/aromatic N) is 3. The van der Waals surface area contributed by atoms with Gasteiger partial charge in [-0.1, -0.05) is 12.1 Å². The molecule has 2 aromatic heterocycles. The molecule has 1 aliphatic rings. The summed E-state index contributed by atoms with van der Waals surface area (Å²) in [6, 6.07) is 6.55. The maximum absolute atomic E-state index is 12.3. The smallest absolute Gasteiger partial charge is 0.280 e. The van der Waals surface area contributed by atoms with Crippen LogP contribution in [0.25, 0.3) is 11.2 Å². The Morgan fingerprint density at radius 3 is 2.64 bits per heavy atom. The summed E-state index contributed by atoms with van der Waals surface area (Å²) in [5.74, 6) is 0.332. The molecule has 1 saturated heterocycles. The Bertz CT molecular complexity index is 1030. The molecule has 0 aliphatic carbocycles. The average Bonchev–Trinajstić information content (AvgIpc) is 3.23. The minimum absolute atomic E-state index is 0.0490. The van der Waals surface area contributed by atoms with Crippen molar-refractivity contribution in [2.75, 3.05) is 11.9 Å². The normalized spacial score (nSPS) is 24.7. The largest absolute Gasteiger partial charge is 0.508 e. The van der Waals surface area contributed by atoms with Crippen molar-refractivity contribution < 1.29 is 25.2 Å². The second-order valence-corrected chi connectivity index (χ2v) is 6.49. The second-order valence-electron chi connectivity index (χ2n) is 6.49. The zero-order valence-corrected chi connectivity index (χ0v) is 14.6. The number of fused-ring (bicyclic) bond motifs is 1. The van der Waals surface area contributed by atoms with E-state index in [2.05, 4.69) is 20.3 Å². The van der Waals surface area contributed by atoms with Crippen molar-refractivity contribution >= 4 is 17.1 Å². The van der Waals surface area contributed by atoms with Crippen molar-refractivity contribution in [3.63, 3.8) is 0 Å². The lowest BCUT2D eigenvalue weighted by Crippen LogP contribution is -2.33. The van der Waals surface area contributed by atoms with E-state index in [9.17, 15) is 25.2 Å². The number of rotatable bonds is 5. The summed E-state index contributed by atoms with van der Waals surface area (Å²) in [7, 11) is 0. The minimum atomic E-state index is -1.32. The highest BCUT2D eigenvalue weighted by atomic mass is 16.6. The first-order valence-corrected chi connectivity index (χ1v) is 8.59. The fourth-order valence-electron chi connectivity index (χ4n) is 3.11. The number of hydrogen-bond acceptors (Lipinski definition) is 9. The van der Waals surface area contributed by atoms with E-state index in [1.807, 2.05) is 0 Å². The highest BCUT2D eigenvalue weighted by Crippen LogP contribution is 2.30. The van der Waals surface area contributed by atoms with Crippen LogP contribution in [0.5, 0.6) is 5.75 Å². The molecule has 148 valence electrons. The van der Waals surface area contributed by atoms with Crippen molar-refractivity contribution in [2.24, 2.45) is 0 Å². The molecule has 0 saturated carbocycles. The molecular formula is C17H19N5O6. The van der Waals surface area contributed by atoms with Gasteiger partial charge in [0.05, 0.1) is 12.9 Å². The summed E-state index contributed by atoms with van der Waals surface area (Å²) in [5, 5.41) is 41.7. The molecule has 1 aliphatic heterocycles. The van der Waals surface area contributed by atoms with E-state index in [-0.39, 0.29) is 22.9 Å². The van der Waals surface area contributed by atoms with E-state index < -0.39 is 36.7 Å². The van der Waals surface area contributed by atoms with Gasteiger partial charge in [0.25, 0.3) is 5.56 Å². The molecular weight excluding hydrogens is 370 g/mol. The summed E-state index contributed by atoms with van der Waals surface area (Å²) < 4.78 is 6.83. The highest BCUT2D eigenvalue weighted by molar-refractivity contribution is 5.71. The number of phenols is 1. The molecule has 0 amide bonds. The topological polar surface area (TPSA) is 166 Å². The monoisotopic (exact) mass is 389 g/mol. The number of H-pyrrole nitrogens is 1. The van der Waals surface area contributed by atoms with Gasteiger partial charge >= 0.3 is 0 Å². The number of aromatic nitrogens is 4. The quantitative estimate of drug-likeness (QED) is 0.322. The van der Waals surface area contributed by atoms with Gasteiger partial charge in [0.15, 0.2) is 17.4 Å². The zero-order chi connectivity index (χ0) is 19.8. The number of benzene rings is 1. The first-order chi connectivity index (χ1) is 13.5. The number of ether oxygens (including phenoxy) is 1. The third-order valence-corrected chi connectivity index (χ3v) is 4.62. The Morgan fingerprint density at radius 1 is 1.21 bits per heavy atom. The SMILES string of the molecule is O=c1[nH]c(NCc2ccc(O)cc2)nc2c1ncn2[C@@H]1O[C@H](CO)[C@@H](O)[C@H]1O. The van der Waals surface area contributed by atoms with Crippen molar-refractivity contribution in [1.29, 1.82) is 0 Å². The van der Waals surface area contributed by atoms with Crippen LogP contribution in [0.15, 0.2) is 35.4 Å². The summed E-state index contributed by atoms with van der Waals surface area (Å²) in [6.07, 6.45) is -3.30. The van der Waals surface area contributed by atoms with Gasteiger partial charge in [-0.3, -0.25) is 14.3 Å². The van der Waals surface area contributed by atoms with E-state index in [0.29, 0.717) is 6.54 Å². The summed E-state index contributed by atoms with van der Waals surface area (Å²) in [4.78, 5) is 23.2. The van der Waals surface area contributed by atoms with Crippen LogP contribution < -0.4 is 10.9 Å². The van der Waals surface area contributed by atoms with Crippen LogP contribution in [0.1, 0.15) is 11.8 Å². The Labute approximate surface area is 157 Å². The molecule has 1 aromatic carbocycles. The summed E-state index contributed by atoms with van der Waals surface area (Å²) in [5.41, 5.74) is 0.584. The van der Waals surface area contributed by atoms with E-state index in [1.54, 1.807) is 24.3 Å². The van der Waals surface area contributed by atoms with Gasteiger partial charge in [-0.05, 0) is 17.7 Å². The van der Waals surface area contributed by atoms with Crippen LogP contribution in [0, 0.1) is 0 Å². The third-order valence-electron chi connectivity index (χ3n) is 4.62. The van der Waals surface area contributed by atoms with Gasteiger partial charge in [0.2, 0.25) is 5.95 Å². The summed E-state index contributed by atoms with van der Waals surface area (Å²) in [6.45, 7) is -0.120. The number of aliphatic hydroxyl groups excluding tert-OH is 3. The second kappa shape index (κ2) is 7.20. The van der Waals surface area contributed by atoms with Crippen LogP contribution in [0.2, 0.25) is 0 Å². The van der Waals surface area contributed by atoms with Gasteiger partial charge < -0.3 is 30.5 Å². The van der Waals surface area contributed by atoms with Gasteiger partial charge in [-0.15, -0.1) is 0 Å². The molecule has 1 fully saturated rings. The molecule has 6 N–H and O–H groups in total. The molecule has 0 unspecified atom stereocenters. The Balaban J connectivity index is 1.63. The van der Waals surface area contributed by atoms with Crippen LogP contribution >= 0.6 is 0 Å². The Hall–Kier alpha value is -2.99. The molecule has 11 nitrogen and oxygen atoms in total. The van der Waals surface area contributed by atoms with E-state index in [4.69, 9.17) is 4.74 Å². The van der Waals surface area contributed by atoms with Crippen LogP contribution in [-0.4, -0.2) is 64.9 Å². The standard InChI is InChI=1S/C17H19N5O6/c23-6-10-12(25)13(26)16(28-10)22-7-19-11-14(22)20-17(21-15(11)27)18-5-8-1-3-9(24)4-2-8/h1-4,7,10,12-13,16,23-26H,5-6H2,(H2,18,20,21,27)/t10-,12-,13-,16-/m1/s1. The Morgan fingerprint density at radius 2 is 1.96 bits per heavy atom. The lowest BCUT2D eigenvalue weighted by Gasteiger charge is -2.16. The number of nitrogens with one attached hydrogen (secondary N) is 2. The maximum Gasteiger partial charge on any atom is 0.280 e. The number of aromatic hydroxyl groups is 1. The van der Waals surface area contributed by atoms with Crippen molar-refractivity contribution in [3.05, 3.63) is 46.5 Å². The number of aromatic amines is 1. The molecule has 0 radical (unpaired) electrons.